The number of rotatable bonds is 3. The molecule has 1 amide bonds. The summed E-state index contributed by atoms with van der Waals surface area (Å²) in [6.07, 6.45) is 2.79. The minimum absolute atomic E-state index is 0. The molecule has 0 bridgehead atoms. The molecule has 7 heteroatoms. The highest BCUT2D eigenvalue weighted by Gasteiger charge is 2.31. The summed E-state index contributed by atoms with van der Waals surface area (Å²) in [5, 5.41) is 6.36. The Morgan fingerprint density at radius 1 is 1.23 bits per heavy atom. The van der Waals surface area contributed by atoms with Gasteiger partial charge in [0, 0.05) is 18.6 Å². The molecular formula is C15H22ClFN4O. The van der Waals surface area contributed by atoms with E-state index in [0.717, 1.165) is 31.5 Å². The second kappa shape index (κ2) is 7.87. The largest absolute Gasteiger partial charge is 0.351 e. The van der Waals surface area contributed by atoms with Crippen molar-refractivity contribution in [2.75, 3.05) is 13.1 Å². The molecule has 2 aliphatic heterocycles. The number of piperidine rings is 1. The monoisotopic (exact) mass is 328 g/mol. The van der Waals surface area contributed by atoms with Crippen molar-refractivity contribution in [3.05, 3.63) is 35.6 Å². The zero-order valence-corrected chi connectivity index (χ0v) is 13.1. The number of halogens is 2. The van der Waals surface area contributed by atoms with Gasteiger partial charge in [0.15, 0.2) is 0 Å². The molecular weight excluding hydrogens is 307 g/mol. The van der Waals surface area contributed by atoms with Crippen LogP contribution in [0.1, 0.15) is 30.9 Å². The number of carbonyl (C=O) groups excluding carboxylic acids is 1. The van der Waals surface area contributed by atoms with Gasteiger partial charge >= 0.3 is 0 Å². The van der Waals surface area contributed by atoms with Gasteiger partial charge in [-0.3, -0.25) is 4.79 Å². The molecule has 1 aromatic carbocycles. The molecule has 22 heavy (non-hydrogen) atoms. The van der Waals surface area contributed by atoms with Gasteiger partial charge in [0.25, 0.3) is 0 Å². The SMILES string of the molecule is Cl.O=C(N[C@H]1CCCNC1)C1CC(c2ccc(F)cc2)NN1. The van der Waals surface area contributed by atoms with Crippen molar-refractivity contribution in [3.8, 4) is 0 Å². The minimum Gasteiger partial charge on any atom is -0.351 e. The fourth-order valence-corrected chi connectivity index (χ4v) is 2.92. The van der Waals surface area contributed by atoms with Gasteiger partial charge in [-0.05, 0) is 43.5 Å². The molecule has 122 valence electrons. The standard InChI is InChI=1S/C15H21FN4O.ClH/c16-11-5-3-10(4-6-11)13-8-14(20-19-13)15(21)18-12-2-1-7-17-9-12;/h3-6,12-14,17,19-20H,1-2,7-9H2,(H,18,21);1H/t12-,13?,14?;/m0./s1. The Hall–Kier alpha value is -1.21. The molecule has 2 unspecified atom stereocenters. The molecule has 0 aliphatic carbocycles. The number of nitrogens with one attached hydrogen (secondary N) is 4. The third-order valence-corrected chi connectivity index (χ3v) is 4.14. The van der Waals surface area contributed by atoms with Gasteiger partial charge < -0.3 is 10.6 Å². The molecule has 0 spiro atoms. The third kappa shape index (κ3) is 4.16. The molecule has 5 nitrogen and oxygen atoms in total. The summed E-state index contributed by atoms with van der Waals surface area (Å²) >= 11 is 0. The summed E-state index contributed by atoms with van der Waals surface area (Å²) in [5.74, 6) is -0.218. The van der Waals surface area contributed by atoms with Crippen LogP contribution in [0.2, 0.25) is 0 Å². The molecule has 1 aromatic rings. The topological polar surface area (TPSA) is 65.2 Å². The predicted octanol–water partition coefficient (Wildman–Crippen LogP) is 1.02. The van der Waals surface area contributed by atoms with Crippen molar-refractivity contribution in [3.63, 3.8) is 0 Å². The first-order chi connectivity index (χ1) is 10.2. The van der Waals surface area contributed by atoms with Crippen LogP contribution in [0, 0.1) is 5.82 Å². The Bertz CT molecular complexity index is 493. The molecule has 3 atom stereocenters. The smallest absolute Gasteiger partial charge is 0.238 e. The Balaban J connectivity index is 0.00000176. The minimum atomic E-state index is -0.248. The van der Waals surface area contributed by atoms with Crippen molar-refractivity contribution in [2.24, 2.45) is 0 Å². The van der Waals surface area contributed by atoms with Crippen molar-refractivity contribution in [2.45, 2.75) is 37.4 Å². The van der Waals surface area contributed by atoms with Crippen LogP contribution in [-0.2, 0) is 4.79 Å². The number of hydrazine groups is 1. The van der Waals surface area contributed by atoms with Crippen LogP contribution in [0.3, 0.4) is 0 Å². The van der Waals surface area contributed by atoms with Crippen LogP contribution in [0.5, 0.6) is 0 Å². The normalized spacial score (nSPS) is 28.0. The zero-order valence-electron chi connectivity index (χ0n) is 12.3. The molecule has 3 rings (SSSR count). The van der Waals surface area contributed by atoms with E-state index in [9.17, 15) is 9.18 Å². The van der Waals surface area contributed by atoms with E-state index >= 15 is 0 Å². The van der Waals surface area contributed by atoms with Gasteiger partial charge in [-0.1, -0.05) is 12.1 Å². The number of hydrogen-bond donors (Lipinski definition) is 4. The Morgan fingerprint density at radius 2 is 2.00 bits per heavy atom. The number of hydrogen-bond acceptors (Lipinski definition) is 4. The van der Waals surface area contributed by atoms with E-state index in [0.29, 0.717) is 6.42 Å². The molecule has 2 saturated heterocycles. The van der Waals surface area contributed by atoms with Gasteiger partial charge in [-0.25, -0.2) is 15.2 Å². The van der Waals surface area contributed by atoms with Gasteiger partial charge in [-0.2, -0.15) is 0 Å². The van der Waals surface area contributed by atoms with Crippen LogP contribution in [0.4, 0.5) is 4.39 Å². The zero-order chi connectivity index (χ0) is 14.7. The quantitative estimate of drug-likeness (QED) is 0.669. The molecule has 2 aliphatic rings. The second-order valence-corrected chi connectivity index (χ2v) is 5.73. The van der Waals surface area contributed by atoms with Crippen LogP contribution >= 0.6 is 12.4 Å². The van der Waals surface area contributed by atoms with Crippen molar-refractivity contribution in [1.82, 2.24) is 21.5 Å². The van der Waals surface area contributed by atoms with Crippen LogP contribution in [0.25, 0.3) is 0 Å². The summed E-state index contributed by atoms with van der Waals surface area (Å²) in [6.45, 7) is 1.87. The fraction of sp³-hybridized carbons (Fsp3) is 0.533. The maximum atomic E-state index is 12.9. The molecule has 0 radical (unpaired) electrons. The van der Waals surface area contributed by atoms with Crippen LogP contribution in [0.15, 0.2) is 24.3 Å². The van der Waals surface area contributed by atoms with Crippen LogP contribution in [-0.4, -0.2) is 31.1 Å². The van der Waals surface area contributed by atoms with Crippen molar-refractivity contribution in [1.29, 1.82) is 0 Å². The summed E-state index contributed by atoms with van der Waals surface area (Å²) in [7, 11) is 0. The highest BCUT2D eigenvalue weighted by atomic mass is 35.5. The lowest BCUT2D eigenvalue weighted by Crippen LogP contribution is -2.51. The molecule has 0 aromatic heterocycles. The van der Waals surface area contributed by atoms with Gasteiger partial charge in [-0.15, -0.1) is 12.4 Å². The highest BCUT2D eigenvalue weighted by Crippen LogP contribution is 2.22. The first-order valence-electron chi connectivity index (χ1n) is 7.50. The lowest BCUT2D eigenvalue weighted by atomic mass is 10.0. The first kappa shape index (κ1) is 17.1. The summed E-state index contributed by atoms with van der Waals surface area (Å²) in [6, 6.07) is 6.39. The average molecular weight is 329 g/mol. The van der Waals surface area contributed by atoms with Crippen molar-refractivity contribution >= 4 is 18.3 Å². The highest BCUT2D eigenvalue weighted by molar-refractivity contribution is 5.85. The Morgan fingerprint density at radius 3 is 2.68 bits per heavy atom. The lowest BCUT2D eigenvalue weighted by molar-refractivity contribution is -0.123. The predicted molar refractivity (Wildman–Crippen MR) is 85.1 cm³/mol. The Labute approximate surface area is 135 Å². The van der Waals surface area contributed by atoms with E-state index < -0.39 is 0 Å². The van der Waals surface area contributed by atoms with E-state index in [4.69, 9.17) is 0 Å². The van der Waals surface area contributed by atoms with E-state index in [1.165, 1.54) is 12.1 Å². The molecule has 2 heterocycles. The number of carbonyl (C=O) groups is 1. The second-order valence-electron chi connectivity index (χ2n) is 5.73. The maximum absolute atomic E-state index is 12.9. The van der Waals surface area contributed by atoms with E-state index in [-0.39, 0.29) is 42.3 Å². The Kier molecular flexibility index (Phi) is 6.14. The lowest BCUT2D eigenvalue weighted by Gasteiger charge is -2.25. The number of benzene rings is 1. The van der Waals surface area contributed by atoms with E-state index in [1.54, 1.807) is 12.1 Å². The summed E-state index contributed by atoms with van der Waals surface area (Å²) in [4.78, 5) is 12.2. The van der Waals surface area contributed by atoms with E-state index in [1.807, 2.05) is 0 Å². The summed E-state index contributed by atoms with van der Waals surface area (Å²) < 4.78 is 12.9. The molecule has 2 fully saturated rings. The number of amides is 1. The fourth-order valence-electron chi connectivity index (χ4n) is 2.92. The van der Waals surface area contributed by atoms with Crippen molar-refractivity contribution < 1.29 is 9.18 Å². The maximum Gasteiger partial charge on any atom is 0.238 e. The molecule has 0 saturated carbocycles. The van der Waals surface area contributed by atoms with Gasteiger partial charge in [0.05, 0.1) is 0 Å². The first-order valence-corrected chi connectivity index (χ1v) is 7.50. The van der Waals surface area contributed by atoms with Crippen LogP contribution < -0.4 is 21.5 Å². The average Bonchev–Trinajstić information content (AvgIpc) is 2.99. The van der Waals surface area contributed by atoms with Gasteiger partial charge in [0.1, 0.15) is 11.9 Å². The third-order valence-electron chi connectivity index (χ3n) is 4.14. The van der Waals surface area contributed by atoms with E-state index in [2.05, 4.69) is 21.5 Å². The van der Waals surface area contributed by atoms with Gasteiger partial charge in [0.2, 0.25) is 5.91 Å². The summed E-state index contributed by atoms with van der Waals surface area (Å²) in [5.41, 5.74) is 7.13. The molecule has 4 N–H and O–H groups in total.